The third-order valence-electron chi connectivity index (χ3n) is 2.89. The number of rotatable bonds is 5. The number of aromatic nitrogens is 2. The smallest absolute Gasteiger partial charge is 0.277 e. The van der Waals surface area contributed by atoms with Crippen LogP contribution in [-0.4, -0.2) is 28.8 Å². The molecule has 2 rings (SSSR count). The number of hydrogen-bond acceptors (Lipinski definition) is 6. The first-order chi connectivity index (χ1) is 9.90. The lowest BCUT2D eigenvalue weighted by Gasteiger charge is -2.14. The minimum Gasteiger partial charge on any atom is -0.497 e. The standard InChI is InChI=1S/C15H18N2O3S/c1-15(2,3)12(18)9-21-14-17-16-13(20-14)10-6-5-7-11(8-10)19-4/h5-8H,9H2,1-4H3. The maximum atomic E-state index is 11.9. The lowest BCUT2D eigenvalue weighted by atomic mass is 9.92. The Morgan fingerprint density at radius 1 is 1.33 bits per heavy atom. The van der Waals surface area contributed by atoms with Crippen LogP contribution in [0.5, 0.6) is 5.75 Å². The van der Waals surface area contributed by atoms with Crippen molar-refractivity contribution in [3.8, 4) is 17.2 Å². The van der Waals surface area contributed by atoms with Crippen molar-refractivity contribution in [2.45, 2.75) is 26.0 Å². The summed E-state index contributed by atoms with van der Waals surface area (Å²) in [7, 11) is 1.60. The van der Waals surface area contributed by atoms with Crippen LogP contribution < -0.4 is 4.74 Å². The number of ketones is 1. The van der Waals surface area contributed by atoms with Gasteiger partial charge in [-0.3, -0.25) is 4.79 Å². The predicted molar refractivity (Wildman–Crippen MR) is 81.5 cm³/mol. The minimum absolute atomic E-state index is 0.147. The summed E-state index contributed by atoms with van der Waals surface area (Å²) in [5, 5.41) is 8.35. The molecule has 0 amide bonds. The third-order valence-corrected chi connectivity index (χ3v) is 3.70. The molecule has 0 saturated carbocycles. The molecule has 0 bridgehead atoms. The maximum Gasteiger partial charge on any atom is 0.277 e. The molecular formula is C15H18N2O3S. The zero-order chi connectivity index (χ0) is 15.5. The van der Waals surface area contributed by atoms with Crippen molar-refractivity contribution >= 4 is 17.5 Å². The summed E-state index contributed by atoms with van der Waals surface area (Å²) in [6, 6.07) is 7.39. The molecule has 21 heavy (non-hydrogen) atoms. The highest BCUT2D eigenvalue weighted by atomic mass is 32.2. The van der Waals surface area contributed by atoms with E-state index in [0.717, 1.165) is 11.3 Å². The van der Waals surface area contributed by atoms with Crippen molar-refractivity contribution in [2.75, 3.05) is 12.9 Å². The molecule has 0 aliphatic rings. The molecule has 0 atom stereocenters. The largest absolute Gasteiger partial charge is 0.497 e. The normalized spacial score (nSPS) is 11.4. The molecule has 1 aromatic carbocycles. The van der Waals surface area contributed by atoms with E-state index in [1.54, 1.807) is 7.11 Å². The van der Waals surface area contributed by atoms with Gasteiger partial charge in [-0.2, -0.15) is 0 Å². The summed E-state index contributed by atoms with van der Waals surface area (Å²) in [5.41, 5.74) is 0.429. The number of thioether (sulfide) groups is 1. The van der Waals surface area contributed by atoms with E-state index in [4.69, 9.17) is 9.15 Å². The van der Waals surface area contributed by atoms with Crippen molar-refractivity contribution in [2.24, 2.45) is 5.41 Å². The second kappa shape index (κ2) is 6.30. The summed E-state index contributed by atoms with van der Waals surface area (Å²) in [4.78, 5) is 11.9. The number of methoxy groups -OCH3 is 1. The molecule has 6 heteroatoms. The Hall–Kier alpha value is -1.82. The Kier molecular flexibility index (Phi) is 4.67. The van der Waals surface area contributed by atoms with E-state index in [2.05, 4.69) is 10.2 Å². The number of nitrogens with zero attached hydrogens (tertiary/aromatic N) is 2. The van der Waals surface area contributed by atoms with Crippen LogP contribution in [0.3, 0.4) is 0 Å². The first-order valence-corrected chi connectivity index (χ1v) is 7.53. The van der Waals surface area contributed by atoms with Gasteiger partial charge in [-0.25, -0.2) is 0 Å². The van der Waals surface area contributed by atoms with Crippen LogP contribution >= 0.6 is 11.8 Å². The van der Waals surface area contributed by atoms with E-state index in [0.29, 0.717) is 16.9 Å². The van der Waals surface area contributed by atoms with E-state index < -0.39 is 0 Å². The van der Waals surface area contributed by atoms with Crippen LogP contribution in [0.1, 0.15) is 20.8 Å². The van der Waals surface area contributed by atoms with E-state index in [9.17, 15) is 4.79 Å². The zero-order valence-electron chi connectivity index (χ0n) is 12.5. The molecule has 0 fully saturated rings. The molecule has 0 radical (unpaired) electrons. The average Bonchev–Trinajstić information content (AvgIpc) is 2.92. The van der Waals surface area contributed by atoms with Gasteiger partial charge in [0.2, 0.25) is 5.89 Å². The summed E-state index contributed by atoms with van der Waals surface area (Å²) >= 11 is 1.26. The van der Waals surface area contributed by atoms with Crippen LogP contribution in [0.4, 0.5) is 0 Å². The van der Waals surface area contributed by atoms with Gasteiger partial charge in [0.25, 0.3) is 5.22 Å². The Morgan fingerprint density at radius 3 is 2.76 bits per heavy atom. The summed E-state index contributed by atoms with van der Waals surface area (Å²) in [5.74, 6) is 1.61. The van der Waals surface area contributed by atoms with Crippen LogP contribution in [-0.2, 0) is 4.79 Å². The third kappa shape index (κ3) is 4.07. The first-order valence-electron chi connectivity index (χ1n) is 6.54. The van der Waals surface area contributed by atoms with E-state index in [1.807, 2.05) is 45.0 Å². The Bertz CT molecular complexity index is 632. The van der Waals surface area contributed by atoms with Crippen molar-refractivity contribution < 1.29 is 13.9 Å². The second-order valence-electron chi connectivity index (χ2n) is 5.57. The summed E-state index contributed by atoms with van der Waals surface area (Å²) in [6.07, 6.45) is 0. The Morgan fingerprint density at radius 2 is 2.10 bits per heavy atom. The van der Waals surface area contributed by atoms with Gasteiger partial charge in [-0.15, -0.1) is 10.2 Å². The predicted octanol–water partition coefficient (Wildman–Crippen LogP) is 3.45. The monoisotopic (exact) mass is 306 g/mol. The van der Waals surface area contributed by atoms with Gasteiger partial charge < -0.3 is 9.15 Å². The van der Waals surface area contributed by atoms with Crippen molar-refractivity contribution in [3.63, 3.8) is 0 Å². The van der Waals surface area contributed by atoms with Gasteiger partial charge in [-0.1, -0.05) is 38.6 Å². The Labute approximate surface area is 128 Å². The molecule has 5 nitrogen and oxygen atoms in total. The second-order valence-corrected chi connectivity index (χ2v) is 6.49. The molecule has 1 aromatic heterocycles. The van der Waals surface area contributed by atoms with E-state index in [-0.39, 0.29) is 11.2 Å². The van der Waals surface area contributed by atoms with Crippen LogP contribution in [0.2, 0.25) is 0 Å². The number of benzene rings is 1. The lowest BCUT2D eigenvalue weighted by Crippen LogP contribution is -2.21. The summed E-state index contributed by atoms with van der Waals surface area (Å²) < 4.78 is 10.7. The van der Waals surface area contributed by atoms with Crippen LogP contribution in [0, 0.1) is 5.41 Å². The Balaban J connectivity index is 2.06. The molecule has 0 aliphatic carbocycles. The molecule has 0 aliphatic heterocycles. The fourth-order valence-corrected chi connectivity index (χ4v) is 2.41. The van der Waals surface area contributed by atoms with Gasteiger partial charge >= 0.3 is 0 Å². The number of Topliss-reactive ketones (excluding diaryl/α,β-unsaturated/α-hetero) is 1. The van der Waals surface area contributed by atoms with Crippen molar-refractivity contribution in [1.82, 2.24) is 10.2 Å². The fraction of sp³-hybridized carbons (Fsp3) is 0.400. The molecule has 0 spiro atoms. The van der Waals surface area contributed by atoms with Gasteiger partial charge in [-0.05, 0) is 18.2 Å². The summed E-state index contributed by atoms with van der Waals surface area (Å²) in [6.45, 7) is 5.68. The van der Waals surface area contributed by atoms with Crippen LogP contribution in [0.25, 0.3) is 11.5 Å². The minimum atomic E-state index is -0.358. The van der Waals surface area contributed by atoms with Gasteiger partial charge in [0.15, 0.2) is 0 Å². The number of ether oxygens (including phenoxy) is 1. The highest BCUT2D eigenvalue weighted by molar-refractivity contribution is 7.99. The number of carbonyl (C=O) groups is 1. The molecule has 0 saturated heterocycles. The lowest BCUT2D eigenvalue weighted by molar-refractivity contribution is -0.123. The highest BCUT2D eigenvalue weighted by Gasteiger charge is 2.22. The zero-order valence-corrected chi connectivity index (χ0v) is 13.4. The van der Waals surface area contributed by atoms with Crippen molar-refractivity contribution in [3.05, 3.63) is 24.3 Å². The van der Waals surface area contributed by atoms with Gasteiger partial charge in [0.05, 0.1) is 12.9 Å². The quantitative estimate of drug-likeness (QED) is 0.788. The molecule has 0 N–H and O–H groups in total. The first kappa shape index (κ1) is 15.6. The fourth-order valence-electron chi connectivity index (χ4n) is 1.48. The molecule has 112 valence electrons. The molecule has 0 unspecified atom stereocenters. The van der Waals surface area contributed by atoms with Gasteiger partial charge in [0.1, 0.15) is 11.5 Å². The van der Waals surface area contributed by atoms with Gasteiger partial charge in [0, 0.05) is 11.0 Å². The highest BCUT2D eigenvalue weighted by Crippen LogP contribution is 2.27. The maximum absolute atomic E-state index is 11.9. The molecule has 2 aromatic rings. The topological polar surface area (TPSA) is 65.2 Å². The SMILES string of the molecule is COc1cccc(-c2nnc(SCC(=O)C(C)(C)C)o2)c1. The van der Waals surface area contributed by atoms with Crippen molar-refractivity contribution in [1.29, 1.82) is 0 Å². The molecule has 1 heterocycles. The number of hydrogen-bond donors (Lipinski definition) is 0. The average molecular weight is 306 g/mol. The van der Waals surface area contributed by atoms with Crippen LogP contribution in [0.15, 0.2) is 33.9 Å². The molecular weight excluding hydrogens is 288 g/mol. The van der Waals surface area contributed by atoms with E-state index in [1.165, 1.54) is 11.8 Å². The van der Waals surface area contributed by atoms with E-state index >= 15 is 0 Å². The number of carbonyl (C=O) groups excluding carboxylic acids is 1.